The third kappa shape index (κ3) is 1.26. The van der Waals surface area contributed by atoms with E-state index >= 15 is 0 Å². The Morgan fingerprint density at radius 3 is 1.67 bits per heavy atom. The molecule has 90 valence electrons. The first kappa shape index (κ1) is 10.6. The fraction of sp³-hybridized carbons (Fsp3) is 0.294. The minimum Gasteiger partial charge on any atom is -0.0623 e. The van der Waals surface area contributed by atoms with Crippen molar-refractivity contribution in [2.24, 2.45) is 0 Å². The number of hydrogen-bond donors (Lipinski definition) is 0. The summed E-state index contributed by atoms with van der Waals surface area (Å²) in [6, 6.07) is 21.4. The van der Waals surface area contributed by atoms with Crippen molar-refractivity contribution in [3.63, 3.8) is 0 Å². The van der Waals surface area contributed by atoms with Crippen molar-refractivity contribution in [2.75, 3.05) is 0 Å². The van der Waals surface area contributed by atoms with Gasteiger partial charge in [-0.05, 0) is 33.6 Å². The van der Waals surface area contributed by atoms with E-state index in [0.29, 0.717) is 0 Å². The van der Waals surface area contributed by atoms with Crippen LogP contribution in [-0.2, 0) is 0 Å². The highest BCUT2D eigenvalue weighted by molar-refractivity contribution is 7.05. The maximum atomic E-state index is 2.42. The van der Waals surface area contributed by atoms with Crippen molar-refractivity contribution in [2.45, 2.75) is 31.4 Å². The van der Waals surface area contributed by atoms with Crippen LogP contribution in [-0.4, -0.2) is 8.07 Å². The molecule has 0 nitrogen and oxygen atoms in total. The molecule has 1 saturated heterocycles. The highest BCUT2D eigenvalue weighted by Crippen LogP contribution is 2.37. The minimum absolute atomic E-state index is 1.36. The van der Waals surface area contributed by atoms with Crippen molar-refractivity contribution < 1.29 is 0 Å². The monoisotopic (exact) mass is 250 g/mol. The van der Waals surface area contributed by atoms with E-state index in [1.54, 1.807) is 21.5 Å². The summed E-state index contributed by atoms with van der Waals surface area (Å²) in [5.74, 6) is 0. The molecule has 2 aliphatic heterocycles. The number of fused-ring (bicyclic) bond motifs is 5. The average Bonchev–Trinajstić information content (AvgIpc) is 2.72. The summed E-state index contributed by atoms with van der Waals surface area (Å²) < 4.78 is 0. The van der Waals surface area contributed by atoms with E-state index in [1.807, 2.05) is 0 Å². The van der Waals surface area contributed by atoms with Crippen LogP contribution in [0.3, 0.4) is 0 Å². The predicted molar refractivity (Wildman–Crippen MR) is 80.4 cm³/mol. The van der Waals surface area contributed by atoms with Gasteiger partial charge < -0.3 is 0 Å². The van der Waals surface area contributed by atoms with Crippen LogP contribution in [0.15, 0.2) is 48.5 Å². The zero-order valence-electron chi connectivity index (χ0n) is 10.7. The molecule has 0 atom stereocenters. The molecule has 1 heteroatoms. The van der Waals surface area contributed by atoms with Crippen molar-refractivity contribution in [1.29, 1.82) is 0 Å². The first-order valence-electron chi connectivity index (χ1n) is 7.11. The third-order valence-electron chi connectivity index (χ3n) is 4.88. The molecule has 0 N–H and O–H groups in total. The second-order valence-corrected chi connectivity index (χ2v) is 9.98. The zero-order valence-corrected chi connectivity index (χ0v) is 11.7. The van der Waals surface area contributed by atoms with Gasteiger partial charge >= 0.3 is 0 Å². The van der Waals surface area contributed by atoms with Gasteiger partial charge in [0, 0.05) is 0 Å². The fourth-order valence-electron chi connectivity index (χ4n) is 4.11. The van der Waals surface area contributed by atoms with Crippen LogP contribution in [0.5, 0.6) is 0 Å². The van der Waals surface area contributed by atoms with Crippen molar-refractivity contribution in [1.82, 2.24) is 0 Å². The summed E-state index contributed by atoms with van der Waals surface area (Å²) in [7, 11) is -1.36. The first-order chi connectivity index (χ1) is 8.92. The maximum absolute atomic E-state index is 2.42. The molecule has 0 bridgehead atoms. The summed E-state index contributed by atoms with van der Waals surface area (Å²) in [6.45, 7) is 0. The van der Waals surface area contributed by atoms with Crippen molar-refractivity contribution >= 4 is 18.4 Å². The van der Waals surface area contributed by atoms with Gasteiger partial charge in [-0.25, -0.2) is 0 Å². The molecule has 1 spiro atoms. The molecule has 2 aromatic rings. The lowest BCUT2D eigenvalue weighted by Crippen LogP contribution is -2.56. The molecule has 1 fully saturated rings. The number of rotatable bonds is 0. The van der Waals surface area contributed by atoms with Gasteiger partial charge in [-0.3, -0.25) is 0 Å². The Kier molecular flexibility index (Phi) is 2.25. The molecule has 0 saturated carbocycles. The van der Waals surface area contributed by atoms with Gasteiger partial charge in [0.15, 0.2) is 0 Å². The van der Waals surface area contributed by atoms with E-state index in [1.165, 1.54) is 31.4 Å². The fourth-order valence-corrected chi connectivity index (χ4v) is 9.73. The summed E-state index contributed by atoms with van der Waals surface area (Å²) in [5.41, 5.74) is 3.09. The lowest BCUT2D eigenvalue weighted by atomic mass is 10.1. The molecule has 0 aromatic heterocycles. The van der Waals surface area contributed by atoms with Gasteiger partial charge in [0.05, 0.1) is 0 Å². The van der Waals surface area contributed by atoms with E-state index < -0.39 is 8.07 Å². The molecule has 2 heterocycles. The van der Waals surface area contributed by atoms with E-state index in [2.05, 4.69) is 48.5 Å². The molecule has 0 radical (unpaired) electrons. The van der Waals surface area contributed by atoms with Crippen LogP contribution in [0.4, 0.5) is 0 Å². The molecule has 4 rings (SSSR count). The topological polar surface area (TPSA) is 0 Å². The van der Waals surface area contributed by atoms with E-state index in [-0.39, 0.29) is 0 Å². The summed E-state index contributed by atoms with van der Waals surface area (Å²) >= 11 is 0. The average molecular weight is 250 g/mol. The summed E-state index contributed by atoms with van der Waals surface area (Å²) in [5, 5.41) is 3.46. The van der Waals surface area contributed by atoms with Gasteiger partial charge in [-0.15, -0.1) is 0 Å². The van der Waals surface area contributed by atoms with E-state index in [0.717, 1.165) is 0 Å². The molecule has 18 heavy (non-hydrogen) atoms. The minimum atomic E-state index is -1.36. The molecule has 0 aliphatic carbocycles. The Balaban J connectivity index is 2.03. The van der Waals surface area contributed by atoms with E-state index in [9.17, 15) is 0 Å². The molecule has 2 aliphatic rings. The summed E-state index contributed by atoms with van der Waals surface area (Å²) in [4.78, 5) is 0. The third-order valence-corrected chi connectivity index (χ3v) is 10.2. The summed E-state index contributed by atoms with van der Waals surface area (Å²) in [6.07, 6.45) is 4.32. The Morgan fingerprint density at radius 1 is 0.611 bits per heavy atom. The van der Waals surface area contributed by atoms with Crippen LogP contribution in [0, 0.1) is 0 Å². The van der Waals surface area contributed by atoms with Crippen molar-refractivity contribution in [3.8, 4) is 11.1 Å². The normalized spacial score (nSPS) is 19.6. The van der Waals surface area contributed by atoms with Crippen LogP contribution in [0.1, 0.15) is 19.3 Å². The molecule has 2 aromatic carbocycles. The highest BCUT2D eigenvalue weighted by atomic mass is 28.3. The molecule has 0 unspecified atom stereocenters. The van der Waals surface area contributed by atoms with Crippen LogP contribution in [0.25, 0.3) is 11.1 Å². The van der Waals surface area contributed by atoms with Crippen LogP contribution >= 0.6 is 0 Å². The van der Waals surface area contributed by atoms with Gasteiger partial charge in [0.25, 0.3) is 0 Å². The number of hydrogen-bond acceptors (Lipinski definition) is 0. The van der Waals surface area contributed by atoms with Gasteiger partial charge in [0.2, 0.25) is 0 Å². The largest absolute Gasteiger partial charge is 0.119 e. The van der Waals surface area contributed by atoms with Crippen molar-refractivity contribution in [3.05, 3.63) is 48.5 Å². The Hall–Kier alpha value is -1.34. The Labute approximate surface area is 110 Å². The standard InChI is InChI=1S/C17H18Si/c1-6-12-18(13-7-1)16-10-4-2-8-14(16)15-9-3-5-11-17(15)18/h2-5,8-11H,1,6-7,12-13H2. The lowest BCUT2D eigenvalue weighted by Gasteiger charge is -2.33. The van der Waals surface area contributed by atoms with Crippen LogP contribution in [0.2, 0.25) is 12.1 Å². The van der Waals surface area contributed by atoms with Gasteiger partial charge in [-0.2, -0.15) is 0 Å². The second kappa shape index (κ2) is 3.82. The van der Waals surface area contributed by atoms with Gasteiger partial charge in [0.1, 0.15) is 8.07 Å². The molecular formula is C17H18Si. The SMILES string of the molecule is c1ccc2c(c1)-c1ccccc1[Si]21CCCCC1. The molecule has 0 amide bonds. The smallest absolute Gasteiger partial charge is 0.0623 e. The predicted octanol–water partition coefficient (Wildman–Crippen LogP) is 3.41. The molecular weight excluding hydrogens is 232 g/mol. The second-order valence-electron chi connectivity index (χ2n) is 5.73. The van der Waals surface area contributed by atoms with Crippen LogP contribution < -0.4 is 10.4 Å². The Bertz CT molecular complexity index is 547. The number of benzene rings is 2. The maximum Gasteiger partial charge on any atom is 0.119 e. The quantitative estimate of drug-likeness (QED) is 0.629. The zero-order chi connectivity index (χ0) is 12.0. The van der Waals surface area contributed by atoms with Gasteiger partial charge in [-0.1, -0.05) is 67.8 Å². The lowest BCUT2D eigenvalue weighted by molar-refractivity contribution is 0.721. The first-order valence-corrected chi connectivity index (χ1v) is 9.53. The highest BCUT2D eigenvalue weighted by Gasteiger charge is 2.45. The van der Waals surface area contributed by atoms with E-state index in [4.69, 9.17) is 0 Å². The Morgan fingerprint density at radius 2 is 1.11 bits per heavy atom.